The van der Waals surface area contributed by atoms with Crippen LogP contribution in [-0.2, 0) is 11.3 Å². The smallest absolute Gasteiger partial charge is 0.223 e. The van der Waals surface area contributed by atoms with Crippen molar-refractivity contribution in [2.24, 2.45) is 5.92 Å². The van der Waals surface area contributed by atoms with Gasteiger partial charge in [0.15, 0.2) is 5.15 Å². The minimum atomic E-state index is 0.0878. The number of hydrogen-bond acceptors (Lipinski definition) is 4. The van der Waals surface area contributed by atoms with E-state index in [1.807, 2.05) is 0 Å². The van der Waals surface area contributed by atoms with Crippen molar-refractivity contribution in [1.29, 1.82) is 0 Å². The van der Waals surface area contributed by atoms with Crippen LogP contribution in [0.3, 0.4) is 0 Å². The Labute approximate surface area is 112 Å². The number of hydrogen-bond donors (Lipinski definition) is 1. The standard InChI is InChI=1S/C12H17ClN4O/c1-17-6-2-9(3-7-17)12(18)16-8-10-11(13)15-5-4-14-10/h4-5,9H,2-3,6-8H2,1H3,(H,16,18). The molecular weight excluding hydrogens is 252 g/mol. The van der Waals surface area contributed by atoms with Crippen molar-refractivity contribution >= 4 is 17.5 Å². The van der Waals surface area contributed by atoms with E-state index in [4.69, 9.17) is 11.6 Å². The van der Waals surface area contributed by atoms with Gasteiger partial charge in [0, 0.05) is 18.3 Å². The number of nitrogens with zero attached hydrogens (tertiary/aromatic N) is 3. The maximum atomic E-state index is 12.0. The summed E-state index contributed by atoms with van der Waals surface area (Å²) >= 11 is 5.88. The average molecular weight is 269 g/mol. The molecule has 18 heavy (non-hydrogen) atoms. The molecule has 5 nitrogen and oxygen atoms in total. The quantitative estimate of drug-likeness (QED) is 0.892. The molecule has 0 spiro atoms. The summed E-state index contributed by atoms with van der Waals surface area (Å²) in [6, 6.07) is 0. The molecule has 0 aliphatic carbocycles. The summed E-state index contributed by atoms with van der Waals surface area (Å²) in [6.07, 6.45) is 4.93. The Morgan fingerprint density at radius 1 is 1.44 bits per heavy atom. The topological polar surface area (TPSA) is 58.1 Å². The second-order valence-corrected chi connectivity index (χ2v) is 4.95. The number of carbonyl (C=O) groups is 1. The van der Waals surface area contributed by atoms with E-state index in [1.165, 1.54) is 6.20 Å². The van der Waals surface area contributed by atoms with Crippen molar-refractivity contribution < 1.29 is 4.79 Å². The Kier molecular flexibility index (Phi) is 4.49. The van der Waals surface area contributed by atoms with Crippen LogP contribution in [0.4, 0.5) is 0 Å². The molecule has 0 saturated carbocycles. The summed E-state index contributed by atoms with van der Waals surface area (Å²) in [5, 5.41) is 3.23. The first-order valence-corrected chi connectivity index (χ1v) is 6.46. The predicted octanol–water partition coefficient (Wildman–Crippen LogP) is 1.09. The third-order valence-electron chi connectivity index (χ3n) is 3.24. The molecule has 98 valence electrons. The first-order chi connectivity index (χ1) is 8.66. The van der Waals surface area contributed by atoms with Crippen molar-refractivity contribution in [2.75, 3.05) is 20.1 Å². The third-order valence-corrected chi connectivity index (χ3v) is 3.56. The maximum Gasteiger partial charge on any atom is 0.223 e. The molecule has 1 aromatic rings. The first-order valence-electron chi connectivity index (χ1n) is 6.08. The summed E-state index contributed by atoms with van der Waals surface area (Å²) in [6.45, 7) is 2.30. The number of amides is 1. The van der Waals surface area contributed by atoms with Crippen LogP contribution in [0.1, 0.15) is 18.5 Å². The highest BCUT2D eigenvalue weighted by Gasteiger charge is 2.23. The van der Waals surface area contributed by atoms with E-state index in [2.05, 4.69) is 27.2 Å². The zero-order valence-corrected chi connectivity index (χ0v) is 11.2. The van der Waals surface area contributed by atoms with Crippen LogP contribution >= 0.6 is 11.6 Å². The van der Waals surface area contributed by atoms with E-state index in [-0.39, 0.29) is 11.8 Å². The van der Waals surface area contributed by atoms with Crippen molar-refractivity contribution in [3.05, 3.63) is 23.2 Å². The molecule has 1 aliphatic heterocycles. The molecule has 1 saturated heterocycles. The van der Waals surface area contributed by atoms with E-state index in [0.29, 0.717) is 17.4 Å². The van der Waals surface area contributed by atoms with Gasteiger partial charge < -0.3 is 10.2 Å². The molecule has 2 rings (SSSR count). The Bertz CT molecular complexity index is 418. The number of nitrogens with one attached hydrogen (secondary N) is 1. The highest BCUT2D eigenvalue weighted by Crippen LogP contribution is 2.16. The number of aromatic nitrogens is 2. The number of piperidine rings is 1. The second kappa shape index (κ2) is 6.11. The largest absolute Gasteiger partial charge is 0.350 e. The average Bonchev–Trinajstić information content (AvgIpc) is 2.38. The molecule has 1 N–H and O–H groups in total. The molecular formula is C12H17ClN4O. The summed E-state index contributed by atoms with van der Waals surface area (Å²) < 4.78 is 0. The fourth-order valence-electron chi connectivity index (χ4n) is 2.05. The molecule has 2 heterocycles. The van der Waals surface area contributed by atoms with E-state index < -0.39 is 0 Å². The molecule has 0 radical (unpaired) electrons. The molecule has 1 aromatic heterocycles. The van der Waals surface area contributed by atoms with Gasteiger partial charge in [-0.15, -0.1) is 0 Å². The molecule has 1 aliphatic rings. The van der Waals surface area contributed by atoms with E-state index in [1.54, 1.807) is 6.20 Å². The van der Waals surface area contributed by atoms with Crippen LogP contribution in [0, 0.1) is 5.92 Å². The van der Waals surface area contributed by atoms with E-state index in [9.17, 15) is 4.79 Å². The first kappa shape index (κ1) is 13.2. The lowest BCUT2D eigenvalue weighted by Gasteiger charge is -2.28. The van der Waals surface area contributed by atoms with Crippen molar-refractivity contribution in [3.8, 4) is 0 Å². The fourth-order valence-corrected chi connectivity index (χ4v) is 2.23. The lowest BCUT2D eigenvalue weighted by atomic mass is 9.96. The van der Waals surface area contributed by atoms with Crippen molar-refractivity contribution in [2.45, 2.75) is 19.4 Å². The zero-order valence-electron chi connectivity index (χ0n) is 10.4. The Morgan fingerprint density at radius 2 is 2.11 bits per heavy atom. The summed E-state index contributed by atoms with van der Waals surface area (Å²) in [5.74, 6) is 0.196. The van der Waals surface area contributed by atoms with Crippen LogP contribution < -0.4 is 5.32 Å². The minimum Gasteiger partial charge on any atom is -0.350 e. The van der Waals surface area contributed by atoms with Gasteiger partial charge in [0.2, 0.25) is 5.91 Å². The Hall–Kier alpha value is -1.20. The maximum absolute atomic E-state index is 12.0. The summed E-state index contributed by atoms with van der Waals surface area (Å²) in [4.78, 5) is 22.2. The molecule has 1 fully saturated rings. The second-order valence-electron chi connectivity index (χ2n) is 4.59. The molecule has 6 heteroatoms. The summed E-state index contributed by atoms with van der Waals surface area (Å²) in [7, 11) is 2.08. The highest BCUT2D eigenvalue weighted by molar-refractivity contribution is 6.29. The van der Waals surface area contributed by atoms with Crippen LogP contribution in [0.5, 0.6) is 0 Å². The molecule has 0 unspecified atom stereocenters. The van der Waals surface area contributed by atoms with E-state index in [0.717, 1.165) is 25.9 Å². The van der Waals surface area contributed by atoms with Crippen LogP contribution in [0.15, 0.2) is 12.4 Å². The monoisotopic (exact) mass is 268 g/mol. The van der Waals surface area contributed by atoms with Crippen molar-refractivity contribution in [1.82, 2.24) is 20.2 Å². The Morgan fingerprint density at radius 3 is 2.78 bits per heavy atom. The van der Waals surface area contributed by atoms with Crippen molar-refractivity contribution in [3.63, 3.8) is 0 Å². The van der Waals surface area contributed by atoms with Gasteiger partial charge in [-0.2, -0.15) is 0 Å². The SMILES string of the molecule is CN1CCC(C(=O)NCc2nccnc2Cl)CC1. The van der Waals surface area contributed by atoms with Gasteiger partial charge in [0.05, 0.1) is 12.2 Å². The van der Waals surface area contributed by atoms with E-state index >= 15 is 0 Å². The minimum absolute atomic E-state index is 0.0878. The Balaban J connectivity index is 1.83. The normalized spacial score (nSPS) is 17.7. The van der Waals surface area contributed by atoms with Crippen LogP contribution in [-0.4, -0.2) is 40.9 Å². The number of halogens is 1. The van der Waals surface area contributed by atoms with Gasteiger partial charge in [-0.05, 0) is 33.0 Å². The van der Waals surface area contributed by atoms with Gasteiger partial charge in [0.1, 0.15) is 0 Å². The molecule has 1 amide bonds. The third kappa shape index (κ3) is 3.40. The molecule has 0 bridgehead atoms. The van der Waals surface area contributed by atoms with Gasteiger partial charge in [-0.25, -0.2) is 4.98 Å². The zero-order chi connectivity index (χ0) is 13.0. The molecule has 0 aromatic carbocycles. The lowest BCUT2D eigenvalue weighted by molar-refractivity contribution is -0.126. The van der Waals surface area contributed by atoms with Gasteiger partial charge in [-0.3, -0.25) is 9.78 Å². The molecule has 0 atom stereocenters. The highest BCUT2D eigenvalue weighted by atomic mass is 35.5. The number of carbonyl (C=O) groups excluding carboxylic acids is 1. The number of rotatable bonds is 3. The predicted molar refractivity (Wildman–Crippen MR) is 69.1 cm³/mol. The van der Waals surface area contributed by atoms with Gasteiger partial charge in [-0.1, -0.05) is 11.6 Å². The number of likely N-dealkylation sites (tertiary alicyclic amines) is 1. The van der Waals surface area contributed by atoms with Gasteiger partial charge in [0.25, 0.3) is 0 Å². The lowest BCUT2D eigenvalue weighted by Crippen LogP contribution is -2.38. The van der Waals surface area contributed by atoms with Gasteiger partial charge >= 0.3 is 0 Å². The van der Waals surface area contributed by atoms with Crippen LogP contribution in [0.2, 0.25) is 5.15 Å². The summed E-state index contributed by atoms with van der Waals surface area (Å²) in [5.41, 5.74) is 0.612. The fraction of sp³-hybridized carbons (Fsp3) is 0.583. The van der Waals surface area contributed by atoms with Crippen LogP contribution in [0.25, 0.3) is 0 Å².